The van der Waals surface area contributed by atoms with Crippen molar-refractivity contribution in [1.82, 2.24) is 10.7 Å². The molecule has 1 heterocycles. The molecule has 0 spiro atoms. The Morgan fingerprint density at radius 2 is 2.06 bits per heavy atom. The van der Waals surface area contributed by atoms with E-state index in [9.17, 15) is 8.42 Å². The number of ether oxygens (including phenoxy) is 2. The second kappa shape index (κ2) is 10.8. The molecule has 0 radical (unpaired) electrons. The lowest BCUT2D eigenvalue weighted by molar-refractivity contribution is 0.114. The van der Waals surface area contributed by atoms with Gasteiger partial charge in [0.25, 0.3) is 0 Å². The first-order valence-electron chi connectivity index (χ1n) is 10.2. The van der Waals surface area contributed by atoms with Crippen LogP contribution in [0.3, 0.4) is 0 Å². The number of benzene rings is 2. The molecule has 2 aromatic carbocycles. The van der Waals surface area contributed by atoms with E-state index >= 15 is 0 Å². The standard InChI is InChI=1S/C22H27N3O5S2/c1-15-6-7-16(2)21(11-15)32(26,27)30-19-9-8-17(12-20(19)28-3)13-24-25-22(31)23-14-18-5-4-10-29-18/h6-9,11-13,18H,4-5,10,14H2,1-3H3,(H2,23,25,31)/b24-13-/t18-/m0/s1. The van der Waals surface area contributed by atoms with Gasteiger partial charge in [-0.1, -0.05) is 12.1 Å². The fraction of sp³-hybridized carbons (Fsp3) is 0.364. The van der Waals surface area contributed by atoms with Crippen molar-refractivity contribution in [3.8, 4) is 11.5 Å². The lowest BCUT2D eigenvalue weighted by Crippen LogP contribution is -2.37. The third-order valence-electron chi connectivity index (χ3n) is 4.89. The summed E-state index contributed by atoms with van der Waals surface area (Å²) in [6.45, 7) is 4.97. The van der Waals surface area contributed by atoms with Gasteiger partial charge in [-0.2, -0.15) is 13.5 Å². The number of aryl methyl sites for hydroxylation is 2. The molecule has 10 heteroatoms. The van der Waals surface area contributed by atoms with Crippen LogP contribution in [0.4, 0.5) is 0 Å². The quantitative estimate of drug-likeness (QED) is 0.259. The van der Waals surface area contributed by atoms with Crippen molar-refractivity contribution in [1.29, 1.82) is 0 Å². The van der Waals surface area contributed by atoms with Crippen LogP contribution in [0.15, 0.2) is 46.4 Å². The molecule has 1 saturated heterocycles. The minimum Gasteiger partial charge on any atom is -0.493 e. The van der Waals surface area contributed by atoms with Crippen LogP contribution in [0.2, 0.25) is 0 Å². The normalized spacial score (nSPS) is 16.2. The zero-order valence-corrected chi connectivity index (χ0v) is 19.9. The van der Waals surface area contributed by atoms with Gasteiger partial charge < -0.3 is 19.0 Å². The van der Waals surface area contributed by atoms with Crippen molar-refractivity contribution in [3.63, 3.8) is 0 Å². The number of methoxy groups -OCH3 is 1. The maximum absolute atomic E-state index is 12.8. The average Bonchev–Trinajstić information content (AvgIpc) is 3.28. The van der Waals surface area contributed by atoms with Crippen LogP contribution in [0.25, 0.3) is 0 Å². The first-order chi connectivity index (χ1) is 15.3. The van der Waals surface area contributed by atoms with Gasteiger partial charge >= 0.3 is 10.1 Å². The van der Waals surface area contributed by atoms with E-state index in [4.69, 9.17) is 25.9 Å². The van der Waals surface area contributed by atoms with Gasteiger partial charge in [0.2, 0.25) is 0 Å². The Balaban J connectivity index is 1.64. The van der Waals surface area contributed by atoms with Gasteiger partial charge in [0, 0.05) is 13.2 Å². The monoisotopic (exact) mass is 477 g/mol. The molecule has 1 aliphatic heterocycles. The van der Waals surface area contributed by atoms with Gasteiger partial charge in [0.05, 0.1) is 19.4 Å². The van der Waals surface area contributed by atoms with E-state index in [0.29, 0.717) is 22.8 Å². The highest BCUT2D eigenvalue weighted by Gasteiger charge is 2.21. The Labute approximate surface area is 194 Å². The molecule has 0 saturated carbocycles. The Bertz CT molecular complexity index is 1100. The van der Waals surface area contributed by atoms with E-state index in [1.165, 1.54) is 13.2 Å². The summed E-state index contributed by atoms with van der Waals surface area (Å²) in [5.74, 6) is 0.356. The van der Waals surface area contributed by atoms with Crippen LogP contribution in [-0.4, -0.2) is 46.1 Å². The Hall–Kier alpha value is -2.69. The SMILES string of the molecule is COc1cc(/C=N\NC(=S)NC[C@@H]2CCCO2)ccc1OS(=O)(=O)c1cc(C)ccc1C. The molecule has 172 valence electrons. The van der Waals surface area contributed by atoms with Crippen LogP contribution < -0.4 is 19.7 Å². The molecule has 2 aromatic rings. The van der Waals surface area contributed by atoms with E-state index in [2.05, 4.69) is 15.8 Å². The van der Waals surface area contributed by atoms with E-state index < -0.39 is 10.1 Å². The number of thiocarbonyl (C=S) groups is 1. The molecule has 0 aromatic heterocycles. The smallest absolute Gasteiger partial charge is 0.339 e. The summed E-state index contributed by atoms with van der Waals surface area (Å²) < 4.78 is 41.8. The highest BCUT2D eigenvalue weighted by atomic mass is 32.2. The predicted molar refractivity (Wildman–Crippen MR) is 127 cm³/mol. The number of hydrogen-bond acceptors (Lipinski definition) is 7. The highest BCUT2D eigenvalue weighted by Crippen LogP contribution is 2.31. The minimum atomic E-state index is -4.02. The summed E-state index contributed by atoms with van der Waals surface area (Å²) in [4.78, 5) is 0.124. The lowest BCUT2D eigenvalue weighted by atomic mass is 10.2. The fourth-order valence-corrected chi connectivity index (χ4v) is 4.58. The Kier molecular flexibility index (Phi) is 8.05. The summed E-state index contributed by atoms with van der Waals surface area (Å²) in [5.41, 5.74) is 4.85. The van der Waals surface area contributed by atoms with Crippen molar-refractivity contribution >= 4 is 33.7 Å². The van der Waals surface area contributed by atoms with E-state index in [1.807, 2.05) is 13.0 Å². The third kappa shape index (κ3) is 6.41. The fourth-order valence-electron chi connectivity index (χ4n) is 3.19. The molecule has 0 unspecified atom stereocenters. The number of rotatable bonds is 8. The zero-order chi connectivity index (χ0) is 23.1. The molecule has 32 heavy (non-hydrogen) atoms. The van der Waals surface area contributed by atoms with Gasteiger partial charge in [0.1, 0.15) is 4.90 Å². The molecule has 1 atom stereocenters. The maximum atomic E-state index is 12.8. The van der Waals surface area contributed by atoms with E-state index in [-0.39, 0.29) is 22.5 Å². The largest absolute Gasteiger partial charge is 0.493 e. The summed E-state index contributed by atoms with van der Waals surface area (Å²) >= 11 is 5.20. The van der Waals surface area contributed by atoms with E-state index in [0.717, 1.165) is 25.0 Å². The second-order valence-corrected chi connectivity index (χ2v) is 9.35. The molecule has 0 aliphatic carbocycles. The number of hydrazone groups is 1. The number of nitrogens with zero attached hydrogens (tertiary/aromatic N) is 1. The van der Waals surface area contributed by atoms with Crippen LogP contribution in [0.5, 0.6) is 11.5 Å². The molecule has 1 aliphatic rings. The van der Waals surface area contributed by atoms with Crippen molar-refractivity contribution in [2.45, 2.75) is 37.7 Å². The predicted octanol–water partition coefficient (Wildman–Crippen LogP) is 3.06. The van der Waals surface area contributed by atoms with Crippen molar-refractivity contribution in [3.05, 3.63) is 53.1 Å². The Morgan fingerprint density at radius 1 is 1.25 bits per heavy atom. The number of nitrogens with one attached hydrogen (secondary N) is 2. The van der Waals surface area contributed by atoms with Gasteiger partial charge in [-0.25, -0.2) is 0 Å². The van der Waals surface area contributed by atoms with Gasteiger partial charge in [0.15, 0.2) is 16.6 Å². The summed E-state index contributed by atoms with van der Waals surface area (Å²) in [5, 5.41) is 7.56. The molecule has 3 rings (SSSR count). The summed E-state index contributed by atoms with van der Waals surface area (Å²) in [7, 11) is -2.57. The zero-order valence-electron chi connectivity index (χ0n) is 18.3. The van der Waals surface area contributed by atoms with Crippen LogP contribution in [0, 0.1) is 13.8 Å². The van der Waals surface area contributed by atoms with Crippen LogP contribution >= 0.6 is 12.2 Å². The summed E-state index contributed by atoms with van der Waals surface area (Å²) in [6.07, 6.45) is 3.81. The molecule has 0 amide bonds. The lowest BCUT2D eigenvalue weighted by Gasteiger charge is -2.13. The van der Waals surface area contributed by atoms with Crippen molar-refractivity contribution in [2.75, 3.05) is 20.3 Å². The summed E-state index contributed by atoms with van der Waals surface area (Å²) in [6, 6.07) is 10.00. The molecular weight excluding hydrogens is 450 g/mol. The third-order valence-corrected chi connectivity index (χ3v) is 6.51. The highest BCUT2D eigenvalue weighted by molar-refractivity contribution is 7.87. The molecular formula is C22H27N3O5S2. The minimum absolute atomic E-state index is 0.0901. The average molecular weight is 478 g/mol. The first kappa shape index (κ1) is 24.0. The Morgan fingerprint density at radius 3 is 2.78 bits per heavy atom. The molecule has 1 fully saturated rings. The van der Waals surface area contributed by atoms with E-state index in [1.54, 1.807) is 37.4 Å². The van der Waals surface area contributed by atoms with Crippen LogP contribution in [0.1, 0.15) is 29.5 Å². The van der Waals surface area contributed by atoms with Gasteiger partial charge in [-0.15, -0.1) is 0 Å². The molecule has 2 N–H and O–H groups in total. The van der Waals surface area contributed by atoms with Crippen molar-refractivity contribution < 1.29 is 22.1 Å². The number of hydrogen-bond donors (Lipinski definition) is 2. The van der Waals surface area contributed by atoms with Gasteiger partial charge in [-0.05, 0) is 79.9 Å². The van der Waals surface area contributed by atoms with Crippen LogP contribution in [-0.2, 0) is 14.9 Å². The maximum Gasteiger partial charge on any atom is 0.339 e. The molecule has 0 bridgehead atoms. The second-order valence-electron chi connectivity index (χ2n) is 7.43. The topological polar surface area (TPSA) is 98.2 Å². The van der Waals surface area contributed by atoms with Gasteiger partial charge in [-0.3, -0.25) is 5.43 Å². The first-order valence-corrected chi connectivity index (χ1v) is 12.0. The van der Waals surface area contributed by atoms with Crippen molar-refractivity contribution in [2.24, 2.45) is 5.10 Å². The molecule has 8 nitrogen and oxygen atoms in total.